The number of hydrogen-bond acceptors (Lipinski definition) is 2. The molecule has 0 saturated heterocycles. The Morgan fingerprint density at radius 3 is 1.60 bits per heavy atom. The lowest BCUT2D eigenvalue weighted by atomic mass is 9.57. The topological polar surface area (TPSA) is 35.9 Å². The van der Waals surface area contributed by atoms with Crippen LogP contribution in [0.4, 0.5) is 0 Å². The van der Waals surface area contributed by atoms with Gasteiger partial charge in [0.2, 0.25) is 0 Å². The number of nitrogens with one attached hydrogen (secondary N) is 2. The smallest absolute Gasteiger partial charge is 0.0282 e. The Morgan fingerprint density at radius 2 is 1.44 bits per heavy atom. The molecule has 0 saturated carbocycles. The van der Waals surface area contributed by atoms with Gasteiger partial charge in [-0.05, 0) is 50.5 Å². The molecule has 1 atom stereocenters. The summed E-state index contributed by atoms with van der Waals surface area (Å²) >= 11 is 0. The standard InChI is InChI=1S/C15H31N.C6H11N.C2H6/c1-9-14(7,10-2)15(8,12(3)4)11-16-13(5)6;1-5(2)4-6(3)7;1-2/h12,16H,5,9-11H2,1-4,6-8H3;4,7H,1-3H3;1-2H3. The predicted octanol–water partition coefficient (Wildman–Crippen LogP) is 7.62. The van der Waals surface area contributed by atoms with E-state index in [-0.39, 0.29) is 0 Å². The summed E-state index contributed by atoms with van der Waals surface area (Å²) in [5.41, 5.74) is 3.59. The third kappa shape index (κ3) is 11.2. The van der Waals surface area contributed by atoms with E-state index in [9.17, 15) is 0 Å². The molecule has 0 aromatic rings. The van der Waals surface area contributed by atoms with E-state index in [4.69, 9.17) is 5.41 Å². The van der Waals surface area contributed by atoms with Crippen molar-refractivity contribution in [1.29, 1.82) is 5.41 Å². The first-order valence-corrected chi connectivity index (χ1v) is 9.95. The number of rotatable bonds is 8. The summed E-state index contributed by atoms with van der Waals surface area (Å²) in [4.78, 5) is 0. The molecule has 150 valence electrons. The molecule has 0 aliphatic rings. The second kappa shape index (κ2) is 14.2. The highest BCUT2D eigenvalue weighted by Crippen LogP contribution is 2.49. The lowest BCUT2D eigenvalue weighted by Crippen LogP contribution is -2.47. The van der Waals surface area contributed by atoms with Crippen molar-refractivity contribution in [3.8, 4) is 0 Å². The van der Waals surface area contributed by atoms with Crippen molar-refractivity contribution in [2.75, 3.05) is 6.54 Å². The van der Waals surface area contributed by atoms with E-state index in [0.717, 1.165) is 12.2 Å². The Morgan fingerprint density at radius 1 is 1.04 bits per heavy atom. The van der Waals surface area contributed by atoms with Crippen LogP contribution in [0, 0.1) is 22.2 Å². The van der Waals surface area contributed by atoms with Crippen LogP contribution in [0.5, 0.6) is 0 Å². The summed E-state index contributed by atoms with van der Waals surface area (Å²) in [5.74, 6) is 0.671. The fraction of sp³-hybridized carbons (Fsp3) is 0.783. The molecule has 1 unspecified atom stereocenters. The highest BCUT2D eigenvalue weighted by atomic mass is 14.9. The molecular weight excluding hydrogens is 304 g/mol. The quantitative estimate of drug-likeness (QED) is 0.433. The minimum atomic E-state index is 0.315. The van der Waals surface area contributed by atoms with Crippen LogP contribution < -0.4 is 5.32 Å². The van der Waals surface area contributed by atoms with Gasteiger partial charge >= 0.3 is 0 Å². The SMILES string of the molecule is C=C(C)NCC(C)(C(C)C)C(C)(CC)CC.CC.CC(=N)C=C(C)C. The Kier molecular flexibility index (Phi) is 16.3. The summed E-state index contributed by atoms with van der Waals surface area (Å²) in [6.45, 7) is 30.9. The summed E-state index contributed by atoms with van der Waals surface area (Å²) in [6.07, 6.45) is 4.30. The van der Waals surface area contributed by atoms with E-state index in [1.807, 2.05) is 40.7 Å². The minimum absolute atomic E-state index is 0.315. The van der Waals surface area contributed by atoms with Crippen molar-refractivity contribution in [3.05, 3.63) is 23.9 Å². The third-order valence-corrected chi connectivity index (χ3v) is 5.48. The summed E-state index contributed by atoms with van der Waals surface area (Å²) in [5, 5.41) is 10.4. The van der Waals surface area contributed by atoms with E-state index >= 15 is 0 Å². The van der Waals surface area contributed by atoms with Gasteiger partial charge in [0.15, 0.2) is 0 Å². The Labute approximate surface area is 160 Å². The van der Waals surface area contributed by atoms with Gasteiger partial charge in [-0.2, -0.15) is 0 Å². The monoisotopic (exact) mass is 352 g/mol. The van der Waals surface area contributed by atoms with Gasteiger partial charge in [-0.1, -0.05) is 80.4 Å². The Bertz CT molecular complexity index is 396. The lowest BCUT2D eigenvalue weighted by Gasteiger charge is -2.49. The molecule has 0 radical (unpaired) electrons. The fourth-order valence-electron chi connectivity index (χ4n) is 2.94. The zero-order chi connectivity index (χ0) is 20.8. The molecule has 0 fully saturated rings. The molecular formula is C23H48N2. The zero-order valence-corrected chi connectivity index (χ0v) is 19.5. The van der Waals surface area contributed by atoms with Gasteiger partial charge in [0.25, 0.3) is 0 Å². The van der Waals surface area contributed by atoms with Crippen molar-refractivity contribution in [2.45, 2.75) is 95.9 Å². The Hall–Kier alpha value is -1.05. The van der Waals surface area contributed by atoms with E-state index in [1.54, 1.807) is 6.92 Å². The highest BCUT2D eigenvalue weighted by Gasteiger charge is 2.43. The van der Waals surface area contributed by atoms with Crippen LogP contribution in [-0.4, -0.2) is 12.3 Å². The first-order chi connectivity index (χ1) is 11.4. The maximum Gasteiger partial charge on any atom is 0.0282 e. The molecule has 0 amide bonds. The van der Waals surface area contributed by atoms with E-state index in [0.29, 0.717) is 22.5 Å². The molecule has 0 heterocycles. The Balaban J connectivity index is -0.000000450. The van der Waals surface area contributed by atoms with Crippen LogP contribution in [0.3, 0.4) is 0 Å². The molecule has 25 heavy (non-hydrogen) atoms. The minimum Gasteiger partial charge on any atom is -0.388 e. The molecule has 0 aliphatic carbocycles. The van der Waals surface area contributed by atoms with Crippen LogP contribution >= 0.6 is 0 Å². The number of allylic oxidation sites excluding steroid dienone is 3. The van der Waals surface area contributed by atoms with Crippen molar-refractivity contribution in [2.24, 2.45) is 16.7 Å². The molecule has 0 aromatic heterocycles. The van der Waals surface area contributed by atoms with Crippen LogP contribution in [0.1, 0.15) is 95.9 Å². The van der Waals surface area contributed by atoms with E-state index in [1.165, 1.54) is 18.4 Å². The third-order valence-electron chi connectivity index (χ3n) is 5.48. The molecule has 0 bridgehead atoms. The second-order valence-electron chi connectivity index (χ2n) is 7.88. The van der Waals surface area contributed by atoms with Crippen LogP contribution in [0.25, 0.3) is 0 Å². The zero-order valence-electron chi connectivity index (χ0n) is 19.5. The van der Waals surface area contributed by atoms with Gasteiger partial charge in [-0.25, -0.2) is 0 Å². The summed E-state index contributed by atoms with van der Waals surface area (Å²) in [6, 6.07) is 0. The summed E-state index contributed by atoms with van der Waals surface area (Å²) in [7, 11) is 0. The van der Waals surface area contributed by atoms with Crippen LogP contribution in [0.15, 0.2) is 23.9 Å². The molecule has 0 spiro atoms. The first-order valence-electron chi connectivity index (χ1n) is 9.95. The van der Waals surface area contributed by atoms with Gasteiger partial charge in [0, 0.05) is 18.0 Å². The van der Waals surface area contributed by atoms with Crippen LogP contribution in [0.2, 0.25) is 0 Å². The second-order valence-corrected chi connectivity index (χ2v) is 7.88. The van der Waals surface area contributed by atoms with Gasteiger partial charge in [0.05, 0.1) is 0 Å². The maximum absolute atomic E-state index is 6.95. The number of hydrogen-bond donors (Lipinski definition) is 2. The first kappa shape index (κ1) is 28.7. The molecule has 0 aromatic carbocycles. The molecule has 0 rings (SSSR count). The van der Waals surface area contributed by atoms with Crippen molar-refractivity contribution in [1.82, 2.24) is 5.32 Å². The van der Waals surface area contributed by atoms with Crippen molar-refractivity contribution < 1.29 is 0 Å². The average Bonchev–Trinajstić information content (AvgIpc) is 2.52. The van der Waals surface area contributed by atoms with Gasteiger partial charge in [-0.15, -0.1) is 0 Å². The van der Waals surface area contributed by atoms with Gasteiger partial charge in [0.1, 0.15) is 0 Å². The fourth-order valence-corrected chi connectivity index (χ4v) is 2.94. The average molecular weight is 353 g/mol. The molecule has 2 nitrogen and oxygen atoms in total. The lowest BCUT2D eigenvalue weighted by molar-refractivity contribution is 0.0147. The highest BCUT2D eigenvalue weighted by molar-refractivity contribution is 5.90. The maximum atomic E-state index is 6.95. The van der Waals surface area contributed by atoms with E-state index < -0.39 is 0 Å². The van der Waals surface area contributed by atoms with Gasteiger partial charge in [-0.3, -0.25) is 0 Å². The molecule has 2 heteroatoms. The summed E-state index contributed by atoms with van der Waals surface area (Å²) < 4.78 is 0. The molecule has 0 aliphatic heterocycles. The largest absolute Gasteiger partial charge is 0.388 e. The molecule has 2 N–H and O–H groups in total. The van der Waals surface area contributed by atoms with E-state index in [2.05, 4.69) is 53.4 Å². The van der Waals surface area contributed by atoms with Crippen LogP contribution in [-0.2, 0) is 0 Å². The predicted molar refractivity (Wildman–Crippen MR) is 119 cm³/mol. The normalized spacial score (nSPS) is 12.7. The van der Waals surface area contributed by atoms with Crippen molar-refractivity contribution >= 4 is 5.71 Å². The van der Waals surface area contributed by atoms with Crippen molar-refractivity contribution in [3.63, 3.8) is 0 Å². The van der Waals surface area contributed by atoms with Gasteiger partial charge < -0.3 is 10.7 Å².